The minimum absolute atomic E-state index is 0.0662. The Kier molecular flexibility index (Phi) is 6.70. The topological polar surface area (TPSA) is 81.9 Å². The molecule has 30 heavy (non-hydrogen) atoms. The van der Waals surface area contributed by atoms with Gasteiger partial charge in [-0.25, -0.2) is 0 Å². The largest absolute Gasteiger partial charge is 0.489 e. The van der Waals surface area contributed by atoms with Crippen LogP contribution in [0.2, 0.25) is 5.02 Å². The molecule has 0 spiro atoms. The normalized spacial score (nSPS) is 12.6. The van der Waals surface area contributed by atoms with Gasteiger partial charge in [-0.2, -0.15) is 4.80 Å². The molecule has 3 aromatic rings. The van der Waals surface area contributed by atoms with Gasteiger partial charge in [-0.15, -0.1) is 16.6 Å². The number of hydrogen-bond acceptors (Lipinski definition) is 5. The average molecular weight is 424 g/mol. The second-order valence-corrected chi connectivity index (χ2v) is 7.33. The van der Waals surface area contributed by atoms with Crippen molar-refractivity contribution in [3.63, 3.8) is 0 Å². The van der Waals surface area contributed by atoms with Crippen molar-refractivity contribution in [3.05, 3.63) is 59.1 Å². The lowest BCUT2D eigenvalue weighted by Gasteiger charge is -2.22. The highest BCUT2D eigenvalue weighted by Gasteiger charge is 2.21. The monoisotopic (exact) mass is 423 g/mol. The van der Waals surface area contributed by atoms with Crippen molar-refractivity contribution in [2.75, 3.05) is 0 Å². The van der Waals surface area contributed by atoms with Crippen LogP contribution in [-0.4, -0.2) is 31.7 Å². The van der Waals surface area contributed by atoms with E-state index in [4.69, 9.17) is 22.8 Å². The fourth-order valence-electron chi connectivity index (χ4n) is 2.60. The van der Waals surface area contributed by atoms with Crippen LogP contribution in [0.25, 0.3) is 11.4 Å². The summed E-state index contributed by atoms with van der Waals surface area (Å²) in [5.41, 5.74) is 0.976. The van der Waals surface area contributed by atoms with Crippen LogP contribution in [0.3, 0.4) is 0 Å². The molecule has 0 radical (unpaired) electrons. The highest BCUT2D eigenvalue weighted by molar-refractivity contribution is 6.31. The van der Waals surface area contributed by atoms with Gasteiger partial charge in [0.15, 0.2) is 0 Å². The summed E-state index contributed by atoms with van der Waals surface area (Å²) in [6, 6.07) is 14.8. The summed E-state index contributed by atoms with van der Waals surface area (Å²) in [5.74, 6) is 3.42. The van der Waals surface area contributed by atoms with Gasteiger partial charge in [-0.3, -0.25) is 4.79 Å². The van der Waals surface area contributed by atoms with Crippen molar-refractivity contribution >= 4 is 17.5 Å². The Morgan fingerprint density at radius 1 is 1.27 bits per heavy atom. The maximum atomic E-state index is 12.2. The molecule has 0 unspecified atom stereocenters. The zero-order valence-electron chi connectivity index (χ0n) is 16.8. The lowest BCUT2D eigenvalue weighted by Crippen LogP contribution is -2.45. The summed E-state index contributed by atoms with van der Waals surface area (Å²) in [4.78, 5) is 13.4. The summed E-state index contributed by atoms with van der Waals surface area (Å²) in [6.45, 7) is 4.01. The van der Waals surface area contributed by atoms with Crippen LogP contribution < -0.4 is 10.1 Å². The molecule has 0 aliphatic carbocycles. The van der Waals surface area contributed by atoms with E-state index in [1.807, 2.05) is 55.5 Å². The van der Waals surface area contributed by atoms with Crippen LogP contribution in [0.1, 0.15) is 25.8 Å². The van der Waals surface area contributed by atoms with Crippen molar-refractivity contribution in [2.24, 2.45) is 0 Å². The van der Waals surface area contributed by atoms with Gasteiger partial charge in [0.25, 0.3) is 0 Å². The predicted molar refractivity (Wildman–Crippen MR) is 115 cm³/mol. The number of carbonyl (C=O) groups excluding carboxylic acids is 1. The molecule has 1 N–H and O–H groups in total. The third-order valence-corrected chi connectivity index (χ3v) is 5.01. The molecule has 0 fully saturated rings. The van der Waals surface area contributed by atoms with Gasteiger partial charge < -0.3 is 10.1 Å². The van der Waals surface area contributed by atoms with Crippen LogP contribution in [-0.2, 0) is 17.9 Å². The van der Waals surface area contributed by atoms with Gasteiger partial charge in [-0.05, 0) is 48.9 Å². The van der Waals surface area contributed by atoms with E-state index in [-0.39, 0.29) is 12.5 Å². The molecule has 0 aliphatic rings. The van der Waals surface area contributed by atoms with Crippen molar-refractivity contribution in [1.29, 1.82) is 0 Å². The van der Waals surface area contributed by atoms with Crippen LogP contribution in [0.5, 0.6) is 5.75 Å². The first kappa shape index (κ1) is 21.3. The standard InChI is InChI=1S/C22H22ClN5O2/c1-4-22(3,5-2)24-20(29)14-28-26-21(25-27-28)16-10-12-18(13-11-16)30-15-17-8-6-7-9-19(17)23/h1,6-13H,5,14-15H2,2-3H3,(H,24,29)/t22-/m0/s1. The Balaban J connectivity index is 1.60. The number of hydrogen-bond donors (Lipinski definition) is 1. The molecular formula is C22H22ClN5O2. The fourth-order valence-corrected chi connectivity index (χ4v) is 2.80. The lowest BCUT2D eigenvalue weighted by atomic mass is 10.0. The molecule has 7 nitrogen and oxygen atoms in total. The Labute approximate surface area is 180 Å². The number of benzene rings is 2. The lowest BCUT2D eigenvalue weighted by molar-refractivity contribution is -0.123. The number of carbonyl (C=O) groups is 1. The number of halogens is 1. The molecule has 1 amide bonds. The number of rotatable bonds is 8. The molecule has 154 valence electrons. The second kappa shape index (κ2) is 9.42. The smallest absolute Gasteiger partial charge is 0.244 e. The summed E-state index contributed by atoms with van der Waals surface area (Å²) in [5, 5.41) is 15.7. The maximum absolute atomic E-state index is 12.2. The molecular weight excluding hydrogens is 402 g/mol. The zero-order chi connectivity index (χ0) is 21.6. The minimum Gasteiger partial charge on any atom is -0.489 e. The number of terminal acetylenes is 1. The van der Waals surface area contributed by atoms with Crippen LogP contribution >= 0.6 is 11.6 Å². The summed E-state index contributed by atoms with van der Waals surface area (Å²) in [6.07, 6.45) is 6.10. The average Bonchev–Trinajstić information content (AvgIpc) is 3.21. The number of amides is 1. The van der Waals surface area contributed by atoms with Crippen LogP contribution in [0.15, 0.2) is 48.5 Å². The highest BCUT2D eigenvalue weighted by atomic mass is 35.5. The molecule has 0 bridgehead atoms. The van der Waals surface area contributed by atoms with E-state index in [0.29, 0.717) is 29.6 Å². The summed E-state index contributed by atoms with van der Waals surface area (Å²) in [7, 11) is 0. The number of tetrazole rings is 1. The van der Waals surface area contributed by atoms with Crippen molar-refractivity contribution in [2.45, 2.75) is 39.0 Å². The quantitative estimate of drug-likeness (QED) is 0.561. The molecule has 3 rings (SSSR count). The Morgan fingerprint density at radius 2 is 2.00 bits per heavy atom. The van der Waals surface area contributed by atoms with E-state index < -0.39 is 5.54 Å². The van der Waals surface area contributed by atoms with E-state index in [1.54, 1.807) is 6.92 Å². The first-order valence-electron chi connectivity index (χ1n) is 9.45. The second-order valence-electron chi connectivity index (χ2n) is 6.93. The third kappa shape index (κ3) is 5.37. The maximum Gasteiger partial charge on any atom is 0.244 e. The van der Waals surface area contributed by atoms with Gasteiger partial charge in [0.1, 0.15) is 18.9 Å². The third-order valence-electron chi connectivity index (χ3n) is 4.64. The van der Waals surface area contributed by atoms with E-state index >= 15 is 0 Å². The summed E-state index contributed by atoms with van der Waals surface area (Å²) >= 11 is 6.14. The van der Waals surface area contributed by atoms with E-state index in [1.165, 1.54) is 4.80 Å². The van der Waals surface area contributed by atoms with Crippen molar-refractivity contribution in [3.8, 4) is 29.5 Å². The van der Waals surface area contributed by atoms with Crippen molar-refractivity contribution < 1.29 is 9.53 Å². The van der Waals surface area contributed by atoms with Crippen molar-refractivity contribution in [1.82, 2.24) is 25.5 Å². The molecule has 0 saturated heterocycles. The number of nitrogens with one attached hydrogen (secondary N) is 1. The Bertz CT molecular complexity index is 1060. The van der Waals surface area contributed by atoms with E-state index in [9.17, 15) is 4.79 Å². The molecule has 1 aromatic heterocycles. The molecule has 0 saturated carbocycles. The molecule has 8 heteroatoms. The number of ether oxygens (including phenoxy) is 1. The zero-order valence-corrected chi connectivity index (χ0v) is 17.6. The van der Waals surface area contributed by atoms with E-state index in [0.717, 1.165) is 11.1 Å². The Hall–Kier alpha value is -3.37. The SMILES string of the molecule is C#C[C@@](C)(CC)NC(=O)Cn1nnc(-c2ccc(OCc3ccccc3Cl)cc2)n1. The highest BCUT2D eigenvalue weighted by Crippen LogP contribution is 2.21. The first-order chi connectivity index (χ1) is 14.4. The fraction of sp³-hybridized carbons (Fsp3) is 0.273. The molecule has 0 aliphatic heterocycles. The van der Waals surface area contributed by atoms with Gasteiger partial charge in [-0.1, -0.05) is 42.6 Å². The molecule has 1 atom stereocenters. The summed E-state index contributed by atoms with van der Waals surface area (Å²) < 4.78 is 5.77. The van der Waals surface area contributed by atoms with Gasteiger partial charge in [0.05, 0.1) is 5.54 Å². The first-order valence-corrected chi connectivity index (χ1v) is 9.83. The molecule has 1 heterocycles. The van der Waals surface area contributed by atoms with E-state index in [2.05, 4.69) is 26.6 Å². The van der Waals surface area contributed by atoms with Gasteiger partial charge in [0, 0.05) is 16.1 Å². The number of nitrogens with zero attached hydrogens (tertiary/aromatic N) is 4. The number of aromatic nitrogens is 4. The predicted octanol–water partition coefficient (Wildman–Crippen LogP) is 3.49. The van der Waals surface area contributed by atoms with Crippen LogP contribution in [0, 0.1) is 12.3 Å². The van der Waals surface area contributed by atoms with Gasteiger partial charge in [0.2, 0.25) is 11.7 Å². The Morgan fingerprint density at radius 3 is 2.67 bits per heavy atom. The molecule has 2 aromatic carbocycles. The van der Waals surface area contributed by atoms with Crippen LogP contribution in [0.4, 0.5) is 0 Å². The minimum atomic E-state index is -0.694. The van der Waals surface area contributed by atoms with Gasteiger partial charge >= 0.3 is 0 Å².